The van der Waals surface area contributed by atoms with Gasteiger partial charge in [0.15, 0.2) is 0 Å². The zero-order valence-electron chi connectivity index (χ0n) is 15.0. The van der Waals surface area contributed by atoms with Crippen molar-refractivity contribution < 1.29 is 51.3 Å². The minimum absolute atomic E-state index is 0. The van der Waals surface area contributed by atoms with Gasteiger partial charge in [0.25, 0.3) is 0 Å². The minimum atomic E-state index is -4.31. The zero-order valence-corrected chi connectivity index (χ0v) is 18.5. The summed E-state index contributed by atoms with van der Waals surface area (Å²) in [5, 5.41) is 17.2. The molecule has 0 spiro atoms. The Bertz CT molecular complexity index is 989. The number of nitriles is 2. The molecule has 0 radical (unpaired) electrons. The monoisotopic (exact) mass is 434 g/mol. The third-order valence-corrected chi connectivity index (χ3v) is 4.26. The summed E-state index contributed by atoms with van der Waals surface area (Å²) in [4.78, 5) is 0. The van der Waals surface area contributed by atoms with Gasteiger partial charge in [-0.15, -0.1) is 11.6 Å². The van der Waals surface area contributed by atoms with Crippen molar-refractivity contribution >= 4 is 21.7 Å². The summed E-state index contributed by atoms with van der Waals surface area (Å²) in [6.07, 6.45) is 0.528. The molecule has 2 aromatic carbocycles. The van der Waals surface area contributed by atoms with Crippen molar-refractivity contribution in [1.82, 2.24) is 0 Å². The van der Waals surface area contributed by atoms with Gasteiger partial charge in [-0.2, -0.15) is 10.5 Å². The van der Waals surface area contributed by atoms with Gasteiger partial charge in [0.2, 0.25) is 0 Å². The molecule has 0 amide bonds. The maximum Gasteiger partial charge on any atom is 1.00 e. The van der Waals surface area contributed by atoms with E-state index in [-0.39, 0.29) is 47.4 Å². The summed E-state index contributed by atoms with van der Waals surface area (Å²) < 4.78 is 56.3. The van der Waals surface area contributed by atoms with E-state index in [0.29, 0.717) is 23.4 Å². The Morgan fingerprint density at radius 1 is 0.929 bits per heavy atom. The Morgan fingerprint density at radius 2 is 1.36 bits per heavy atom. The summed E-state index contributed by atoms with van der Waals surface area (Å²) in [6, 6.07) is 11.2. The summed E-state index contributed by atoms with van der Waals surface area (Å²) in [7, 11) is -4.31. The number of benzene rings is 2. The van der Waals surface area contributed by atoms with Gasteiger partial charge in [-0.25, -0.2) is 17.2 Å². The van der Waals surface area contributed by atoms with Gasteiger partial charge >= 0.3 is 29.6 Å². The maximum atomic E-state index is 12.7. The fraction of sp³-hybridized carbons (Fsp3) is 0.222. The Kier molecular flexibility index (Phi) is 12.1. The molecule has 0 bridgehead atoms. The molecule has 0 atom stereocenters. The average Bonchev–Trinajstić information content (AvgIpc) is 2.62. The van der Waals surface area contributed by atoms with Gasteiger partial charge in [-0.1, -0.05) is 12.1 Å². The van der Waals surface area contributed by atoms with E-state index in [1.54, 1.807) is 12.1 Å². The van der Waals surface area contributed by atoms with Crippen LogP contribution in [0.25, 0.3) is 0 Å². The fourth-order valence-corrected chi connectivity index (χ4v) is 2.75. The second-order valence-corrected chi connectivity index (χ2v) is 7.18. The van der Waals surface area contributed by atoms with E-state index in [1.807, 2.05) is 6.07 Å². The largest absolute Gasteiger partial charge is 1.00 e. The molecule has 0 saturated carbocycles. The van der Waals surface area contributed by atoms with Crippen LogP contribution in [0.5, 0.6) is 0 Å². The molecule has 5 nitrogen and oxygen atoms in total. The van der Waals surface area contributed by atoms with Gasteiger partial charge in [0, 0.05) is 11.6 Å². The van der Waals surface area contributed by atoms with Crippen LogP contribution in [0.2, 0.25) is 0 Å². The summed E-state index contributed by atoms with van der Waals surface area (Å²) in [6.45, 7) is 0. The fourth-order valence-electron chi connectivity index (χ4n) is 2.08. The smallest absolute Gasteiger partial charge is 0.748 e. The van der Waals surface area contributed by atoms with E-state index in [4.69, 9.17) is 22.1 Å². The topological polar surface area (TPSA) is 105 Å². The molecule has 0 aliphatic heterocycles. The van der Waals surface area contributed by atoms with Crippen molar-refractivity contribution in [2.75, 3.05) is 11.6 Å². The Balaban J connectivity index is 0.000000514. The van der Waals surface area contributed by atoms with Crippen molar-refractivity contribution in [3.63, 3.8) is 0 Å². The first-order chi connectivity index (χ1) is 12.7. The van der Waals surface area contributed by atoms with E-state index < -0.39 is 21.7 Å². The Morgan fingerprint density at radius 3 is 1.71 bits per heavy atom. The number of aryl methyl sites for hydroxylation is 2. The molecule has 10 heteroatoms. The number of alkyl halides is 1. The standard InChI is InChI=1S/C9H7ClFN.C9H8FNO3S.Na/c10-4-3-7-1-2-9(11)5-8(7)6-12;10-9-2-1-7(8(5-9)6-11)3-4-15(12,13)14;/h1-2,5H,3-4H2;1-2,5H,3-4H2,(H,12,13,14);/q;;+1/p-1. The minimum Gasteiger partial charge on any atom is -0.748 e. The molecule has 0 unspecified atom stereocenters. The first-order valence-corrected chi connectivity index (χ1v) is 9.68. The zero-order chi connectivity index (χ0) is 20.4. The number of nitrogens with zero attached hydrogens (tertiary/aromatic N) is 2. The predicted molar refractivity (Wildman–Crippen MR) is 94.9 cm³/mol. The average molecular weight is 435 g/mol. The second-order valence-electron chi connectivity index (χ2n) is 5.28. The first kappa shape index (κ1) is 26.5. The normalized spacial score (nSPS) is 9.93. The summed E-state index contributed by atoms with van der Waals surface area (Å²) in [5.41, 5.74) is 1.58. The molecule has 28 heavy (non-hydrogen) atoms. The molecule has 0 fully saturated rings. The second kappa shape index (κ2) is 12.8. The molecule has 0 aliphatic carbocycles. The Labute approximate surface area is 189 Å². The SMILES string of the molecule is N#Cc1cc(F)ccc1CCCl.N#Cc1cc(F)ccc1CCS(=O)(=O)[O-].[Na+]. The van der Waals surface area contributed by atoms with Gasteiger partial charge in [0.1, 0.15) is 11.6 Å². The van der Waals surface area contributed by atoms with E-state index in [2.05, 4.69) is 0 Å². The third-order valence-electron chi connectivity index (χ3n) is 3.37. The number of halogens is 3. The van der Waals surface area contributed by atoms with Crippen molar-refractivity contribution in [3.05, 3.63) is 70.3 Å². The molecule has 2 aromatic rings. The van der Waals surface area contributed by atoms with Crippen LogP contribution < -0.4 is 29.6 Å². The number of hydrogen-bond donors (Lipinski definition) is 0. The van der Waals surface area contributed by atoms with Crippen molar-refractivity contribution in [1.29, 1.82) is 10.5 Å². The molecule has 142 valence electrons. The van der Waals surface area contributed by atoms with Crippen LogP contribution >= 0.6 is 11.6 Å². The molecule has 0 aliphatic rings. The van der Waals surface area contributed by atoms with Crippen LogP contribution in [0, 0.1) is 34.3 Å². The number of rotatable bonds is 5. The third kappa shape index (κ3) is 9.61. The molecular weight excluding hydrogens is 421 g/mol. The van der Waals surface area contributed by atoms with Crippen LogP contribution in [-0.2, 0) is 23.0 Å². The Hall–Kier alpha value is -1.52. The van der Waals surface area contributed by atoms with Crippen LogP contribution in [0.4, 0.5) is 8.78 Å². The molecule has 0 saturated heterocycles. The van der Waals surface area contributed by atoms with Crippen molar-refractivity contribution in [3.8, 4) is 12.1 Å². The molecule has 0 aromatic heterocycles. The van der Waals surface area contributed by atoms with E-state index in [0.717, 1.165) is 17.7 Å². The van der Waals surface area contributed by atoms with Crippen LogP contribution in [-0.4, -0.2) is 24.6 Å². The van der Waals surface area contributed by atoms with E-state index in [9.17, 15) is 21.8 Å². The van der Waals surface area contributed by atoms with Gasteiger partial charge < -0.3 is 4.55 Å². The van der Waals surface area contributed by atoms with Gasteiger partial charge in [-0.3, -0.25) is 0 Å². The summed E-state index contributed by atoms with van der Waals surface area (Å²) >= 11 is 5.50. The molecule has 2 rings (SSSR count). The van der Waals surface area contributed by atoms with Crippen molar-refractivity contribution in [2.45, 2.75) is 12.8 Å². The first-order valence-electron chi connectivity index (χ1n) is 7.56. The maximum absolute atomic E-state index is 12.7. The molecular formula is C18H14ClF2N2NaO3S. The quantitative estimate of drug-likeness (QED) is 0.381. The van der Waals surface area contributed by atoms with Gasteiger partial charge in [0.05, 0.1) is 33.4 Å². The predicted octanol–water partition coefficient (Wildman–Crippen LogP) is 0.268. The summed E-state index contributed by atoms with van der Waals surface area (Å²) in [5.74, 6) is -1.10. The molecule has 0 N–H and O–H groups in total. The van der Waals surface area contributed by atoms with Crippen LogP contribution in [0.1, 0.15) is 22.3 Å². The van der Waals surface area contributed by atoms with E-state index >= 15 is 0 Å². The van der Waals surface area contributed by atoms with Crippen molar-refractivity contribution in [2.24, 2.45) is 0 Å². The molecule has 0 heterocycles. The number of hydrogen-bond acceptors (Lipinski definition) is 5. The van der Waals surface area contributed by atoms with Crippen LogP contribution in [0.15, 0.2) is 36.4 Å². The van der Waals surface area contributed by atoms with E-state index in [1.165, 1.54) is 18.2 Å². The van der Waals surface area contributed by atoms with Crippen LogP contribution in [0.3, 0.4) is 0 Å². The van der Waals surface area contributed by atoms with Gasteiger partial charge in [-0.05, 0) is 48.2 Å².